The summed E-state index contributed by atoms with van der Waals surface area (Å²) in [5.41, 5.74) is 1.63. The Morgan fingerprint density at radius 3 is 2.76 bits per heavy atom. The van der Waals surface area contributed by atoms with Crippen LogP contribution in [0.3, 0.4) is 0 Å². The number of hydrogen-bond acceptors (Lipinski definition) is 3. The van der Waals surface area contributed by atoms with Crippen molar-refractivity contribution in [2.45, 2.75) is 13.2 Å². The van der Waals surface area contributed by atoms with Gasteiger partial charge in [-0.3, -0.25) is 4.98 Å². The third kappa shape index (κ3) is 2.96. The molecule has 0 unspecified atom stereocenters. The first-order valence-corrected chi connectivity index (χ1v) is 5.59. The number of pyridine rings is 1. The van der Waals surface area contributed by atoms with E-state index >= 15 is 0 Å². The minimum atomic E-state index is -0.0414. The molecule has 4 heteroatoms. The van der Waals surface area contributed by atoms with Crippen LogP contribution in [0.25, 0.3) is 0 Å². The zero-order valence-electron chi connectivity index (χ0n) is 9.14. The van der Waals surface area contributed by atoms with Crippen molar-refractivity contribution < 1.29 is 9.84 Å². The molecule has 1 heterocycles. The quantitative estimate of drug-likeness (QED) is 0.906. The molecule has 0 aliphatic heterocycles. The third-order valence-corrected chi connectivity index (χ3v) is 2.72. The molecule has 0 fully saturated rings. The SMILES string of the molecule is OCc1ccccc1OCc1ccncc1Cl. The van der Waals surface area contributed by atoms with Crippen LogP contribution in [-0.4, -0.2) is 10.1 Å². The average molecular weight is 250 g/mol. The summed E-state index contributed by atoms with van der Waals surface area (Å²) in [5, 5.41) is 9.73. The number of nitrogens with zero attached hydrogens (tertiary/aromatic N) is 1. The molecular formula is C13H12ClNO2. The molecule has 0 saturated carbocycles. The number of halogens is 1. The molecule has 2 rings (SSSR count). The van der Waals surface area contributed by atoms with Crippen LogP contribution in [0.5, 0.6) is 5.75 Å². The molecule has 0 amide bonds. The van der Waals surface area contributed by atoms with E-state index in [1.54, 1.807) is 12.4 Å². The van der Waals surface area contributed by atoms with Crippen LogP contribution in [0.4, 0.5) is 0 Å². The second-order valence-corrected chi connectivity index (χ2v) is 3.93. The maximum absolute atomic E-state index is 9.15. The standard InChI is InChI=1S/C13H12ClNO2/c14-12-7-15-6-5-11(12)9-17-13-4-2-1-3-10(13)8-16/h1-7,16H,8-9H2. The average Bonchev–Trinajstić information content (AvgIpc) is 2.38. The Labute approximate surface area is 105 Å². The fraction of sp³-hybridized carbons (Fsp3) is 0.154. The van der Waals surface area contributed by atoms with Crippen LogP contribution >= 0.6 is 11.6 Å². The summed E-state index contributed by atoms with van der Waals surface area (Å²) in [4.78, 5) is 3.91. The lowest BCUT2D eigenvalue weighted by atomic mass is 10.2. The molecule has 1 N–H and O–H groups in total. The second-order valence-electron chi connectivity index (χ2n) is 3.52. The van der Waals surface area contributed by atoms with Crippen LogP contribution in [0, 0.1) is 0 Å². The van der Waals surface area contributed by atoms with Gasteiger partial charge in [0.15, 0.2) is 0 Å². The van der Waals surface area contributed by atoms with Gasteiger partial charge in [0.25, 0.3) is 0 Å². The van der Waals surface area contributed by atoms with Gasteiger partial charge in [-0.05, 0) is 12.1 Å². The summed E-state index contributed by atoms with van der Waals surface area (Å²) >= 11 is 5.97. The molecule has 1 aromatic heterocycles. The molecule has 0 radical (unpaired) electrons. The van der Waals surface area contributed by atoms with Crippen molar-refractivity contribution in [3.63, 3.8) is 0 Å². The fourth-order valence-electron chi connectivity index (χ4n) is 1.45. The van der Waals surface area contributed by atoms with E-state index in [1.165, 1.54) is 0 Å². The fourth-order valence-corrected chi connectivity index (χ4v) is 1.63. The van der Waals surface area contributed by atoms with E-state index in [2.05, 4.69) is 4.98 Å². The molecule has 1 aromatic carbocycles. The first kappa shape index (κ1) is 11.9. The van der Waals surface area contributed by atoms with Crippen LogP contribution in [0.2, 0.25) is 5.02 Å². The van der Waals surface area contributed by atoms with Gasteiger partial charge in [-0.15, -0.1) is 0 Å². The Balaban J connectivity index is 2.10. The van der Waals surface area contributed by atoms with Gasteiger partial charge in [0.05, 0.1) is 11.6 Å². The molecule has 3 nitrogen and oxygen atoms in total. The van der Waals surface area contributed by atoms with Crippen molar-refractivity contribution in [3.8, 4) is 5.75 Å². The molecule has 0 aliphatic rings. The van der Waals surface area contributed by atoms with Gasteiger partial charge in [-0.25, -0.2) is 0 Å². The van der Waals surface area contributed by atoms with Gasteiger partial charge in [0, 0.05) is 23.5 Å². The molecule has 0 atom stereocenters. The molecule has 88 valence electrons. The van der Waals surface area contributed by atoms with E-state index in [9.17, 15) is 0 Å². The molecule has 0 spiro atoms. The van der Waals surface area contributed by atoms with Crippen molar-refractivity contribution >= 4 is 11.6 Å². The summed E-state index contributed by atoms with van der Waals surface area (Å²) in [6.07, 6.45) is 3.25. The number of rotatable bonds is 4. The maximum Gasteiger partial charge on any atom is 0.125 e. The third-order valence-electron chi connectivity index (χ3n) is 2.38. The Kier molecular flexibility index (Phi) is 3.96. The lowest BCUT2D eigenvalue weighted by molar-refractivity contribution is 0.259. The smallest absolute Gasteiger partial charge is 0.125 e. The Morgan fingerprint density at radius 2 is 2.00 bits per heavy atom. The zero-order valence-corrected chi connectivity index (χ0v) is 9.89. The first-order valence-electron chi connectivity index (χ1n) is 5.21. The highest BCUT2D eigenvalue weighted by molar-refractivity contribution is 6.31. The number of para-hydroxylation sites is 1. The van der Waals surface area contributed by atoms with Gasteiger partial charge in [0.2, 0.25) is 0 Å². The predicted octanol–water partition coefficient (Wildman–Crippen LogP) is 2.81. The van der Waals surface area contributed by atoms with Crippen LogP contribution in [-0.2, 0) is 13.2 Å². The lowest BCUT2D eigenvalue weighted by Gasteiger charge is -2.10. The summed E-state index contributed by atoms with van der Waals surface area (Å²) < 4.78 is 5.62. The summed E-state index contributed by atoms with van der Waals surface area (Å²) in [5.74, 6) is 0.669. The van der Waals surface area contributed by atoms with Crippen molar-refractivity contribution in [3.05, 3.63) is 58.9 Å². The van der Waals surface area contributed by atoms with E-state index < -0.39 is 0 Å². The Morgan fingerprint density at radius 1 is 1.18 bits per heavy atom. The van der Waals surface area contributed by atoms with E-state index in [0.717, 1.165) is 11.1 Å². The normalized spacial score (nSPS) is 10.2. The molecule has 2 aromatic rings. The minimum absolute atomic E-state index is 0.0414. The number of aromatic nitrogens is 1. The second kappa shape index (κ2) is 5.66. The Hall–Kier alpha value is -1.58. The summed E-state index contributed by atoms with van der Waals surface area (Å²) in [6.45, 7) is 0.318. The highest BCUT2D eigenvalue weighted by Gasteiger charge is 2.04. The molecule has 0 bridgehead atoms. The minimum Gasteiger partial charge on any atom is -0.488 e. The lowest BCUT2D eigenvalue weighted by Crippen LogP contribution is -1.99. The molecule has 0 aliphatic carbocycles. The highest BCUT2D eigenvalue weighted by Crippen LogP contribution is 2.21. The molecule has 17 heavy (non-hydrogen) atoms. The van der Waals surface area contributed by atoms with Crippen LogP contribution in [0.15, 0.2) is 42.7 Å². The van der Waals surface area contributed by atoms with Crippen LogP contribution < -0.4 is 4.74 Å². The van der Waals surface area contributed by atoms with E-state index in [0.29, 0.717) is 17.4 Å². The van der Waals surface area contributed by atoms with E-state index in [4.69, 9.17) is 21.4 Å². The number of aliphatic hydroxyl groups excluding tert-OH is 1. The van der Waals surface area contributed by atoms with Gasteiger partial charge in [0.1, 0.15) is 12.4 Å². The highest BCUT2D eigenvalue weighted by atomic mass is 35.5. The van der Waals surface area contributed by atoms with Gasteiger partial charge in [-0.1, -0.05) is 29.8 Å². The number of aliphatic hydroxyl groups is 1. The summed E-state index contributed by atoms with van der Waals surface area (Å²) in [7, 11) is 0. The molecular weight excluding hydrogens is 238 g/mol. The maximum atomic E-state index is 9.15. The first-order chi connectivity index (χ1) is 8.31. The van der Waals surface area contributed by atoms with Crippen molar-refractivity contribution in [1.82, 2.24) is 4.98 Å². The largest absolute Gasteiger partial charge is 0.488 e. The van der Waals surface area contributed by atoms with Gasteiger partial charge < -0.3 is 9.84 Å². The zero-order chi connectivity index (χ0) is 12.1. The monoisotopic (exact) mass is 249 g/mol. The number of ether oxygens (including phenoxy) is 1. The van der Waals surface area contributed by atoms with E-state index in [-0.39, 0.29) is 6.61 Å². The van der Waals surface area contributed by atoms with Gasteiger partial charge in [-0.2, -0.15) is 0 Å². The van der Waals surface area contributed by atoms with Gasteiger partial charge >= 0.3 is 0 Å². The van der Waals surface area contributed by atoms with Crippen molar-refractivity contribution in [1.29, 1.82) is 0 Å². The topological polar surface area (TPSA) is 42.4 Å². The number of hydrogen-bond donors (Lipinski definition) is 1. The van der Waals surface area contributed by atoms with Crippen LogP contribution in [0.1, 0.15) is 11.1 Å². The Bertz CT molecular complexity index is 502. The molecule has 0 saturated heterocycles. The van der Waals surface area contributed by atoms with Crippen molar-refractivity contribution in [2.24, 2.45) is 0 Å². The predicted molar refractivity (Wildman–Crippen MR) is 65.9 cm³/mol. The summed E-state index contributed by atoms with van der Waals surface area (Å²) in [6, 6.07) is 9.18. The number of benzene rings is 1. The van der Waals surface area contributed by atoms with E-state index in [1.807, 2.05) is 30.3 Å². The van der Waals surface area contributed by atoms with Crippen molar-refractivity contribution in [2.75, 3.05) is 0 Å².